The van der Waals surface area contributed by atoms with Crippen molar-refractivity contribution in [2.75, 3.05) is 0 Å². The van der Waals surface area contributed by atoms with Crippen LogP contribution in [0.25, 0.3) is 16.7 Å². The van der Waals surface area contributed by atoms with Crippen molar-refractivity contribution in [3.05, 3.63) is 71.3 Å². The average Bonchev–Trinajstić information content (AvgIpc) is 3.43. The monoisotopic (exact) mass is 400 g/mol. The minimum atomic E-state index is -0.198. The Morgan fingerprint density at radius 1 is 1.17 bits per heavy atom. The van der Waals surface area contributed by atoms with Crippen molar-refractivity contribution in [1.82, 2.24) is 29.9 Å². The molecular formula is C23H24N6O. The molecule has 1 aromatic carbocycles. The van der Waals surface area contributed by atoms with Crippen LogP contribution in [0.5, 0.6) is 0 Å². The van der Waals surface area contributed by atoms with Gasteiger partial charge in [-0.2, -0.15) is 10.2 Å². The first kappa shape index (κ1) is 18.5. The van der Waals surface area contributed by atoms with Crippen LogP contribution in [0.3, 0.4) is 0 Å². The highest BCUT2D eigenvalue weighted by molar-refractivity contribution is 6.07. The number of benzene rings is 1. The minimum Gasteiger partial charge on any atom is -0.344 e. The third kappa shape index (κ3) is 3.26. The highest BCUT2D eigenvalue weighted by atomic mass is 16.1. The number of fused-ring (bicyclic) bond motifs is 1. The van der Waals surface area contributed by atoms with E-state index in [0.717, 1.165) is 46.6 Å². The lowest BCUT2D eigenvalue weighted by molar-refractivity contribution is 0.0940. The number of amides is 1. The molecule has 0 radical (unpaired) electrons. The highest BCUT2D eigenvalue weighted by Crippen LogP contribution is 2.40. The first-order chi connectivity index (χ1) is 14.5. The molecule has 1 aliphatic carbocycles. The summed E-state index contributed by atoms with van der Waals surface area (Å²) in [5, 5.41) is 13.0. The van der Waals surface area contributed by atoms with E-state index in [1.54, 1.807) is 4.68 Å². The Morgan fingerprint density at radius 2 is 1.93 bits per heavy atom. The fraction of sp³-hybridized carbons (Fsp3) is 0.304. The number of nitrogens with zero attached hydrogens (tertiary/aromatic N) is 5. The van der Waals surface area contributed by atoms with Gasteiger partial charge in [0.1, 0.15) is 0 Å². The summed E-state index contributed by atoms with van der Waals surface area (Å²) in [7, 11) is 1.87. The largest absolute Gasteiger partial charge is 0.344 e. The van der Waals surface area contributed by atoms with E-state index in [0.29, 0.717) is 11.5 Å². The van der Waals surface area contributed by atoms with E-state index in [-0.39, 0.29) is 11.9 Å². The van der Waals surface area contributed by atoms with Crippen LogP contribution in [0.15, 0.2) is 48.7 Å². The molecule has 3 heterocycles. The van der Waals surface area contributed by atoms with Gasteiger partial charge in [0, 0.05) is 24.9 Å². The Kier molecular flexibility index (Phi) is 4.38. The smallest absolute Gasteiger partial charge is 0.252 e. The van der Waals surface area contributed by atoms with Crippen LogP contribution in [-0.2, 0) is 7.05 Å². The number of pyridine rings is 1. The van der Waals surface area contributed by atoms with Crippen molar-refractivity contribution < 1.29 is 4.79 Å². The van der Waals surface area contributed by atoms with Gasteiger partial charge in [0.05, 0.1) is 34.1 Å². The Bertz CT molecular complexity index is 1240. The summed E-state index contributed by atoms with van der Waals surface area (Å²) in [5.41, 5.74) is 4.89. The second-order valence-corrected chi connectivity index (χ2v) is 8.01. The van der Waals surface area contributed by atoms with Crippen LogP contribution < -0.4 is 5.32 Å². The molecule has 7 nitrogen and oxygen atoms in total. The molecule has 152 valence electrons. The summed E-state index contributed by atoms with van der Waals surface area (Å²) in [4.78, 5) is 18.3. The van der Waals surface area contributed by atoms with Gasteiger partial charge in [0.15, 0.2) is 5.65 Å². The summed E-state index contributed by atoms with van der Waals surface area (Å²) < 4.78 is 3.58. The number of hydrogen-bond donors (Lipinski definition) is 1. The van der Waals surface area contributed by atoms with Crippen molar-refractivity contribution in [2.45, 2.75) is 38.6 Å². The molecule has 1 unspecified atom stereocenters. The van der Waals surface area contributed by atoms with Gasteiger partial charge >= 0.3 is 0 Å². The van der Waals surface area contributed by atoms with Crippen LogP contribution in [0, 0.1) is 6.92 Å². The number of para-hydroxylation sites is 1. The average molecular weight is 400 g/mol. The number of carbonyl (C=O) groups is 1. The van der Waals surface area contributed by atoms with Gasteiger partial charge in [-0.05, 0) is 51.0 Å². The minimum absolute atomic E-state index is 0.127. The zero-order valence-corrected chi connectivity index (χ0v) is 17.3. The number of carbonyl (C=O) groups excluding carboxylic acids is 1. The van der Waals surface area contributed by atoms with E-state index < -0.39 is 0 Å². The fourth-order valence-electron chi connectivity index (χ4n) is 3.84. The topological polar surface area (TPSA) is 77.6 Å². The van der Waals surface area contributed by atoms with E-state index >= 15 is 0 Å². The van der Waals surface area contributed by atoms with Crippen LogP contribution in [-0.4, -0.2) is 30.5 Å². The van der Waals surface area contributed by atoms with Crippen molar-refractivity contribution in [3.8, 4) is 5.69 Å². The van der Waals surface area contributed by atoms with Crippen LogP contribution in [0.2, 0.25) is 0 Å². The lowest BCUT2D eigenvalue weighted by Gasteiger charge is -2.13. The van der Waals surface area contributed by atoms with Gasteiger partial charge < -0.3 is 5.32 Å². The summed E-state index contributed by atoms with van der Waals surface area (Å²) in [6, 6.07) is 13.6. The molecule has 1 atom stereocenters. The van der Waals surface area contributed by atoms with Gasteiger partial charge in [-0.1, -0.05) is 18.2 Å². The van der Waals surface area contributed by atoms with Crippen molar-refractivity contribution in [3.63, 3.8) is 0 Å². The number of hydrogen-bond acceptors (Lipinski definition) is 4. The maximum absolute atomic E-state index is 13.3. The van der Waals surface area contributed by atoms with Gasteiger partial charge in [-0.25, -0.2) is 9.67 Å². The molecule has 0 aliphatic heterocycles. The summed E-state index contributed by atoms with van der Waals surface area (Å²) >= 11 is 0. The maximum atomic E-state index is 13.3. The standard InChI is InChI=1S/C23H24N6O/c1-14(19-11-12-28(3)27-19)24-23(30)18-13-20(16-9-10-16)25-22-21(18)15(2)26-29(22)17-7-5-4-6-8-17/h4-8,11-14,16H,9-10H2,1-3H3,(H,24,30). The lowest BCUT2D eigenvalue weighted by atomic mass is 10.1. The van der Waals surface area contributed by atoms with Gasteiger partial charge in [0.25, 0.3) is 5.91 Å². The molecule has 0 bridgehead atoms. The maximum Gasteiger partial charge on any atom is 0.252 e. The summed E-state index contributed by atoms with van der Waals surface area (Å²) in [5.74, 6) is 0.298. The summed E-state index contributed by atoms with van der Waals surface area (Å²) in [6.45, 7) is 3.87. The third-order valence-electron chi connectivity index (χ3n) is 5.60. The van der Waals surface area contributed by atoms with Crippen molar-refractivity contribution in [1.29, 1.82) is 0 Å². The van der Waals surface area contributed by atoms with E-state index in [1.807, 2.05) is 74.2 Å². The number of aryl methyl sites for hydroxylation is 2. The first-order valence-corrected chi connectivity index (χ1v) is 10.3. The Balaban J connectivity index is 1.60. The van der Waals surface area contributed by atoms with E-state index in [1.165, 1.54) is 0 Å². The molecule has 0 spiro atoms. The Labute approximate surface area is 174 Å². The SMILES string of the molecule is Cc1nn(-c2ccccc2)c2nc(C3CC3)cc(C(=O)NC(C)c3ccn(C)n3)c12. The molecule has 3 aromatic heterocycles. The van der Waals surface area contributed by atoms with Crippen LogP contribution >= 0.6 is 0 Å². The second kappa shape index (κ2) is 7.09. The zero-order chi connectivity index (χ0) is 20.8. The van der Waals surface area contributed by atoms with Crippen molar-refractivity contribution in [2.24, 2.45) is 7.05 Å². The first-order valence-electron chi connectivity index (χ1n) is 10.3. The lowest BCUT2D eigenvalue weighted by Crippen LogP contribution is -2.27. The molecular weight excluding hydrogens is 376 g/mol. The molecule has 1 N–H and O–H groups in total. The van der Waals surface area contributed by atoms with Gasteiger partial charge in [0.2, 0.25) is 0 Å². The molecule has 4 aromatic rings. The van der Waals surface area contributed by atoms with E-state index in [2.05, 4.69) is 10.4 Å². The van der Waals surface area contributed by atoms with Gasteiger partial charge in [-0.3, -0.25) is 9.48 Å². The zero-order valence-electron chi connectivity index (χ0n) is 17.3. The molecule has 0 saturated heterocycles. The van der Waals surface area contributed by atoms with Crippen molar-refractivity contribution >= 4 is 16.9 Å². The predicted molar refractivity (Wildman–Crippen MR) is 115 cm³/mol. The second-order valence-electron chi connectivity index (χ2n) is 8.01. The third-order valence-corrected chi connectivity index (χ3v) is 5.60. The number of aromatic nitrogens is 5. The molecule has 7 heteroatoms. The Morgan fingerprint density at radius 3 is 2.60 bits per heavy atom. The number of rotatable bonds is 5. The molecule has 30 heavy (non-hydrogen) atoms. The molecule has 1 aliphatic rings. The molecule has 5 rings (SSSR count). The van der Waals surface area contributed by atoms with Crippen LogP contribution in [0.1, 0.15) is 59.2 Å². The molecule has 1 fully saturated rings. The normalized spacial score (nSPS) is 14.8. The van der Waals surface area contributed by atoms with E-state index in [4.69, 9.17) is 10.1 Å². The fourth-order valence-corrected chi connectivity index (χ4v) is 3.84. The van der Waals surface area contributed by atoms with Gasteiger partial charge in [-0.15, -0.1) is 0 Å². The number of nitrogens with one attached hydrogen (secondary N) is 1. The van der Waals surface area contributed by atoms with Crippen LogP contribution in [0.4, 0.5) is 0 Å². The highest BCUT2D eigenvalue weighted by Gasteiger charge is 2.29. The molecule has 1 saturated carbocycles. The predicted octanol–water partition coefficient (Wildman–Crippen LogP) is 3.83. The summed E-state index contributed by atoms with van der Waals surface area (Å²) in [6.07, 6.45) is 4.10. The molecule has 1 amide bonds. The van der Waals surface area contributed by atoms with E-state index in [9.17, 15) is 4.79 Å². The Hall–Kier alpha value is -3.48. The quantitative estimate of drug-likeness (QED) is 0.552.